The lowest BCUT2D eigenvalue weighted by atomic mass is 10.0. The molecule has 70 heavy (non-hydrogen) atoms. The molecular weight excluding hydrogens is 945 g/mol. The number of benzene rings is 1. The van der Waals surface area contributed by atoms with Crippen LogP contribution in [0.5, 0.6) is 11.5 Å². The van der Waals surface area contributed by atoms with Crippen LogP contribution in [0.2, 0.25) is 0 Å². The molecule has 1 aromatic carbocycles. The molecule has 0 bridgehead atoms. The molecule has 0 heterocycles. The topological polar surface area (TPSA) is 395 Å². The van der Waals surface area contributed by atoms with E-state index in [0.717, 1.165) is 0 Å². The minimum atomic E-state index is -2.27. The van der Waals surface area contributed by atoms with Crippen LogP contribution in [0.3, 0.4) is 0 Å². The second-order valence-electron chi connectivity index (χ2n) is 14.5. The van der Waals surface area contributed by atoms with Crippen molar-refractivity contribution in [2.45, 2.75) is 95.2 Å². The number of halogens is 4. The Bertz CT molecular complexity index is 1980. The summed E-state index contributed by atoms with van der Waals surface area (Å²) in [7, 11) is 0. The minimum absolute atomic E-state index is 0.00737. The van der Waals surface area contributed by atoms with Gasteiger partial charge in [-0.05, 0) is 67.1 Å². The fourth-order valence-corrected chi connectivity index (χ4v) is 5.84. The summed E-state index contributed by atoms with van der Waals surface area (Å²) in [6, 6.07) is -3.38. The number of aromatic hydroxyl groups is 1. The highest BCUT2D eigenvalue weighted by molar-refractivity contribution is 5.94. The summed E-state index contributed by atoms with van der Waals surface area (Å²) in [5.74, 6) is -15.6. The molecule has 0 aliphatic carbocycles. The van der Waals surface area contributed by atoms with E-state index in [1.54, 1.807) is 0 Å². The first-order chi connectivity index (χ1) is 33.8. The number of rotatable bonds is 41. The first kappa shape index (κ1) is 61.2. The van der Waals surface area contributed by atoms with E-state index in [-0.39, 0.29) is 118 Å². The molecule has 0 fully saturated rings. The highest BCUT2D eigenvalue weighted by Gasteiger charge is 2.30. The van der Waals surface area contributed by atoms with Crippen LogP contribution in [0.4, 0.5) is 17.6 Å². The first-order valence-electron chi connectivity index (χ1n) is 22.1. The molecular formula is C39H58F4N16O11. The van der Waals surface area contributed by atoms with E-state index in [9.17, 15) is 46.6 Å². The maximum atomic E-state index is 13.8. The number of hydrogen-bond acceptors (Lipinski definition) is 15. The Kier molecular flexibility index (Phi) is 34.1. The number of phenolic OH excluding ortho intramolecular Hbond substituents is 1. The predicted octanol–water partition coefficient (Wildman–Crippen LogP) is 5.41. The van der Waals surface area contributed by atoms with Crippen molar-refractivity contribution < 1.29 is 70.3 Å². The third kappa shape index (κ3) is 27.2. The monoisotopic (exact) mass is 1000 g/mol. The first-order valence-corrected chi connectivity index (χ1v) is 22.1. The van der Waals surface area contributed by atoms with Crippen LogP contribution in [0.15, 0.2) is 20.5 Å². The number of amides is 4. The lowest BCUT2D eigenvalue weighted by Crippen LogP contribution is -2.56. The quantitative estimate of drug-likeness (QED) is 0.00635. The summed E-state index contributed by atoms with van der Waals surface area (Å²) in [6.07, 6.45) is 2.25. The summed E-state index contributed by atoms with van der Waals surface area (Å²) < 4.78 is 79.5. The smallest absolute Gasteiger partial charge is 0.313 e. The predicted molar refractivity (Wildman–Crippen MR) is 237 cm³/mol. The SMILES string of the molecule is [N-]=[N+]=NCCCC[C@H](NC(=O)CCCN=[N+]=[N-])C(=O)N[C@@H](CCCCN=[N+]=[N-])C(=O)N[C@@H](CCCCN=[N+]=[N-])C(=O)NCCOCCOCCOCCOCCC(=O)Oc1c(O)c(F)c(F)c(F)c1F. The molecule has 5 N–H and O–H groups in total. The Morgan fingerprint density at radius 1 is 0.500 bits per heavy atom. The van der Waals surface area contributed by atoms with Gasteiger partial charge in [0.25, 0.3) is 0 Å². The largest absolute Gasteiger partial charge is 0.502 e. The number of carbonyl (C=O) groups excluding carboxylic acids is 5. The van der Waals surface area contributed by atoms with Crippen LogP contribution in [0, 0.1) is 23.3 Å². The Hall–Kier alpha value is -6.83. The average molecular weight is 1000 g/mol. The van der Waals surface area contributed by atoms with E-state index < -0.39 is 88.9 Å². The second-order valence-corrected chi connectivity index (χ2v) is 14.5. The zero-order chi connectivity index (χ0) is 51.8. The molecule has 0 saturated heterocycles. The Labute approximate surface area is 398 Å². The highest BCUT2D eigenvalue weighted by atomic mass is 19.2. The highest BCUT2D eigenvalue weighted by Crippen LogP contribution is 2.36. The molecule has 4 amide bonds. The third-order valence-corrected chi connectivity index (χ3v) is 9.36. The third-order valence-electron chi connectivity index (χ3n) is 9.36. The van der Waals surface area contributed by atoms with Crippen molar-refractivity contribution >= 4 is 29.6 Å². The molecule has 1 aromatic rings. The average Bonchev–Trinajstić information content (AvgIpc) is 3.34. The number of hydrogen-bond donors (Lipinski definition) is 5. The van der Waals surface area contributed by atoms with Gasteiger partial charge in [-0.2, -0.15) is 8.78 Å². The Morgan fingerprint density at radius 3 is 1.37 bits per heavy atom. The van der Waals surface area contributed by atoms with Gasteiger partial charge in [-0.15, -0.1) is 0 Å². The number of esters is 1. The summed E-state index contributed by atoms with van der Waals surface area (Å²) >= 11 is 0. The van der Waals surface area contributed by atoms with Gasteiger partial charge >= 0.3 is 5.97 Å². The van der Waals surface area contributed by atoms with Crippen LogP contribution in [0.1, 0.15) is 77.0 Å². The van der Waals surface area contributed by atoms with Gasteiger partial charge in [0.05, 0.1) is 59.3 Å². The van der Waals surface area contributed by atoms with Crippen molar-refractivity contribution in [3.8, 4) is 11.5 Å². The molecule has 0 spiro atoms. The van der Waals surface area contributed by atoms with Gasteiger partial charge in [0, 0.05) is 58.8 Å². The van der Waals surface area contributed by atoms with E-state index in [1.165, 1.54) is 0 Å². The van der Waals surface area contributed by atoms with Gasteiger partial charge in [-0.1, -0.05) is 39.7 Å². The lowest BCUT2D eigenvalue weighted by molar-refractivity contribution is -0.136. The zero-order valence-electron chi connectivity index (χ0n) is 38.3. The normalized spacial score (nSPS) is 11.8. The molecule has 0 radical (unpaired) electrons. The van der Waals surface area contributed by atoms with Gasteiger partial charge in [0.2, 0.25) is 58.4 Å². The molecule has 3 atom stereocenters. The summed E-state index contributed by atoms with van der Waals surface area (Å²) in [6.45, 7) is 1.03. The van der Waals surface area contributed by atoms with Crippen LogP contribution < -0.4 is 26.0 Å². The van der Waals surface area contributed by atoms with Gasteiger partial charge < -0.3 is 50.1 Å². The zero-order valence-corrected chi connectivity index (χ0v) is 38.3. The van der Waals surface area contributed by atoms with Crippen LogP contribution in [-0.4, -0.2) is 138 Å². The molecule has 0 aliphatic heterocycles. The molecule has 0 unspecified atom stereocenters. The molecule has 0 aromatic heterocycles. The van der Waals surface area contributed by atoms with E-state index in [1.807, 2.05) is 0 Å². The van der Waals surface area contributed by atoms with Gasteiger partial charge in [-0.3, -0.25) is 24.0 Å². The molecule has 0 aliphatic rings. The Balaban J connectivity index is 2.66. The molecule has 31 heteroatoms. The van der Waals surface area contributed by atoms with E-state index >= 15 is 0 Å². The van der Waals surface area contributed by atoms with Gasteiger partial charge in [-0.25, -0.2) is 8.78 Å². The van der Waals surface area contributed by atoms with Gasteiger partial charge in [0.1, 0.15) is 18.1 Å². The van der Waals surface area contributed by atoms with Crippen molar-refractivity contribution in [3.05, 3.63) is 65.0 Å². The van der Waals surface area contributed by atoms with Gasteiger partial charge in [0.15, 0.2) is 0 Å². The number of nitrogens with one attached hydrogen (secondary N) is 4. The minimum Gasteiger partial charge on any atom is -0.502 e. The fraction of sp³-hybridized carbons (Fsp3) is 0.718. The van der Waals surface area contributed by atoms with Crippen molar-refractivity contribution in [1.82, 2.24) is 21.3 Å². The van der Waals surface area contributed by atoms with Crippen molar-refractivity contribution in [3.63, 3.8) is 0 Å². The Morgan fingerprint density at radius 2 is 0.900 bits per heavy atom. The number of carbonyl (C=O) groups is 5. The number of azide groups is 4. The lowest BCUT2D eigenvalue weighted by Gasteiger charge is -2.25. The molecule has 388 valence electrons. The maximum absolute atomic E-state index is 13.8. The maximum Gasteiger partial charge on any atom is 0.313 e. The molecule has 0 saturated carbocycles. The van der Waals surface area contributed by atoms with E-state index in [4.69, 9.17) is 41.1 Å². The number of unbranched alkanes of at least 4 members (excludes halogenated alkanes) is 3. The van der Waals surface area contributed by atoms with Crippen molar-refractivity contribution in [1.29, 1.82) is 0 Å². The summed E-state index contributed by atoms with van der Waals surface area (Å²) in [5, 5.41) is 34.0. The van der Waals surface area contributed by atoms with Crippen molar-refractivity contribution in [2.24, 2.45) is 20.5 Å². The summed E-state index contributed by atoms with van der Waals surface area (Å²) in [5.41, 5.74) is 34.4. The van der Waals surface area contributed by atoms with Crippen LogP contribution >= 0.6 is 0 Å². The van der Waals surface area contributed by atoms with E-state index in [0.29, 0.717) is 38.5 Å². The molecule has 1 rings (SSSR count). The standard InChI is InChI=1S/C39H58F4N16O11/c40-31-32(41)34(43)36(35(62)33(31)42)70-30(61)12-18-66-20-22-68-24-25-69-23-21-67-19-17-48-37(63)26(8-1-4-13-49-56-44)54-39(65)28(10-3-6-15-51-58-46)55-38(64)27(9-2-5-14-50-57-45)53-29(60)11-7-16-52-59-47/h26-28,62H,1-25H2,(H,48,63)(H,53,60)(H,54,65)(H,55,64)/t26-,27-,28-/m0/s1. The second kappa shape index (κ2) is 39.1. The number of ether oxygens (including phenoxy) is 5. The van der Waals surface area contributed by atoms with Crippen LogP contribution in [0.25, 0.3) is 41.8 Å². The summed E-state index contributed by atoms with van der Waals surface area (Å²) in [4.78, 5) is 76.1. The fourth-order valence-electron chi connectivity index (χ4n) is 5.84. The number of nitrogens with zero attached hydrogens (tertiary/aromatic N) is 12. The molecule has 27 nitrogen and oxygen atoms in total. The number of phenols is 1. The van der Waals surface area contributed by atoms with E-state index in [2.05, 4.69) is 66.1 Å². The van der Waals surface area contributed by atoms with Crippen molar-refractivity contribution in [2.75, 3.05) is 85.6 Å². The van der Waals surface area contributed by atoms with Crippen LogP contribution in [-0.2, 0) is 42.9 Å².